The maximum Gasteiger partial charge on any atom is 0.306 e. The maximum absolute atomic E-state index is 10.8. The summed E-state index contributed by atoms with van der Waals surface area (Å²) in [5, 5.41) is 0. The van der Waals surface area contributed by atoms with Crippen molar-refractivity contribution in [2.75, 3.05) is 0 Å². The second kappa shape index (κ2) is 3.07. The smallest absolute Gasteiger partial charge is 0.306 e. The van der Waals surface area contributed by atoms with Gasteiger partial charge in [-0.15, -0.1) is 0 Å². The van der Waals surface area contributed by atoms with Crippen LogP contribution in [0.5, 0.6) is 0 Å². The van der Waals surface area contributed by atoms with Gasteiger partial charge in [-0.2, -0.15) is 0 Å². The number of hydrogen-bond donors (Lipinski definition) is 0. The van der Waals surface area contributed by atoms with Gasteiger partial charge < -0.3 is 4.74 Å². The molecule has 0 amide bonds. The Kier molecular flexibility index (Phi) is 2.32. The van der Waals surface area contributed by atoms with Gasteiger partial charge in [-0.05, 0) is 12.5 Å². The zero-order chi connectivity index (χ0) is 8.32. The molecule has 1 heterocycles. The quantitative estimate of drug-likeness (QED) is 0.459. The number of hydrogen-bond acceptors (Lipinski definition) is 2. The Hall–Kier alpha value is -0.790. The van der Waals surface area contributed by atoms with E-state index >= 15 is 0 Å². The summed E-state index contributed by atoms with van der Waals surface area (Å²) in [6.07, 6.45) is 5.05. The summed E-state index contributed by atoms with van der Waals surface area (Å²) in [7, 11) is 0. The van der Waals surface area contributed by atoms with Gasteiger partial charge in [0.15, 0.2) is 0 Å². The molecule has 0 bridgehead atoms. The van der Waals surface area contributed by atoms with Gasteiger partial charge in [-0.25, -0.2) is 0 Å². The Morgan fingerprint density at radius 1 is 1.82 bits per heavy atom. The lowest BCUT2D eigenvalue weighted by molar-refractivity contribution is -0.145. The zero-order valence-electron chi connectivity index (χ0n) is 6.93. The molecular weight excluding hydrogens is 140 g/mol. The summed E-state index contributed by atoms with van der Waals surface area (Å²) in [5.74, 6) is -0.0849. The molecule has 0 saturated carbocycles. The van der Waals surface area contributed by atoms with Crippen LogP contribution in [0.2, 0.25) is 0 Å². The lowest BCUT2D eigenvalue weighted by Gasteiger charge is -2.22. The number of carbonyl (C=O) groups excluding carboxylic acids is 1. The summed E-state index contributed by atoms with van der Waals surface area (Å²) in [6, 6.07) is 0. The van der Waals surface area contributed by atoms with E-state index in [0.29, 0.717) is 6.42 Å². The van der Waals surface area contributed by atoms with E-state index in [9.17, 15) is 4.79 Å². The van der Waals surface area contributed by atoms with Crippen molar-refractivity contribution < 1.29 is 9.53 Å². The lowest BCUT2D eigenvalue weighted by atomic mass is 9.95. The molecule has 2 heteroatoms. The third kappa shape index (κ3) is 1.62. The molecule has 1 aliphatic heterocycles. The number of carbonyl (C=O) groups is 1. The van der Waals surface area contributed by atoms with E-state index in [1.165, 1.54) is 0 Å². The minimum absolute atomic E-state index is 0.0849. The first-order chi connectivity index (χ1) is 5.22. The van der Waals surface area contributed by atoms with E-state index in [0.717, 1.165) is 19.3 Å². The van der Waals surface area contributed by atoms with Gasteiger partial charge in [0, 0.05) is 12.8 Å². The molecule has 0 aliphatic carbocycles. The number of ether oxygens (including phenoxy) is 1. The van der Waals surface area contributed by atoms with Gasteiger partial charge in [0.05, 0.1) is 0 Å². The van der Waals surface area contributed by atoms with Gasteiger partial charge in [-0.3, -0.25) is 4.79 Å². The fraction of sp³-hybridized carbons (Fsp3) is 0.667. The highest BCUT2D eigenvalue weighted by atomic mass is 16.6. The molecule has 0 radical (unpaired) electrons. The van der Waals surface area contributed by atoms with Gasteiger partial charge in [0.1, 0.15) is 5.60 Å². The maximum atomic E-state index is 10.8. The summed E-state index contributed by atoms with van der Waals surface area (Å²) in [4.78, 5) is 10.8. The number of rotatable bonds is 3. The first-order valence-corrected chi connectivity index (χ1v) is 4.08. The Bertz CT molecular complexity index is 174. The van der Waals surface area contributed by atoms with Gasteiger partial charge in [-0.1, -0.05) is 19.9 Å². The normalized spacial score (nSPS) is 30.1. The third-order valence-electron chi connectivity index (χ3n) is 2.11. The van der Waals surface area contributed by atoms with E-state index in [4.69, 9.17) is 4.74 Å². The predicted molar refractivity (Wildman–Crippen MR) is 43.2 cm³/mol. The van der Waals surface area contributed by atoms with E-state index in [2.05, 4.69) is 13.5 Å². The molecule has 0 aromatic heterocycles. The first kappa shape index (κ1) is 8.31. The van der Waals surface area contributed by atoms with Crippen molar-refractivity contribution in [2.24, 2.45) is 0 Å². The van der Waals surface area contributed by atoms with Crippen LogP contribution in [0, 0.1) is 0 Å². The second-order valence-corrected chi connectivity index (χ2v) is 2.99. The largest absolute Gasteiger partial charge is 0.455 e. The topological polar surface area (TPSA) is 26.3 Å². The fourth-order valence-corrected chi connectivity index (χ4v) is 1.49. The van der Waals surface area contributed by atoms with Crippen LogP contribution in [-0.4, -0.2) is 11.6 Å². The summed E-state index contributed by atoms with van der Waals surface area (Å²) >= 11 is 0. The van der Waals surface area contributed by atoms with Crippen LogP contribution >= 0.6 is 0 Å². The highest BCUT2D eigenvalue weighted by molar-refractivity contribution is 5.72. The molecular formula is C9H14O2. The van der Waals surface area contributed by atoms with Crippen LogP contribution in [0.25, 0.3) is 0 Å². The predicted octanol–water partition coefficient (Wildman–Crippen LogP) is 2.05. The average molecular weight is 154 g/mol. The highest BCUT2D eigenvalue weighted by Crippen LogP contribution is 2.31. The molecule has 1 unspecified atom stereocenters. The summed E-state index contributed by atoms with van der Waals surface area (Å²) < 4.78 is 5.18. The monoisotopic (exact) mass is 154 g/mol. The van der Waals surface area contributed by atoms with Crippen LogP contribution in [-0.2, 0) is 9.53 Å². The molecule has 1 saturated heterocycles. The summed E-state index contributed by atoms with van der Waals surface area (Å²) in [5.41, 5.74) is -0.328. The Morgan fingerprint density at radius 2 is 2.55 bits per heavy atom. The molecule has 1 aliphatic rings. The van der Waals surface area contributed by atoms with Gasteiger partial charge in [0.2, 0.25) is 0 Å². The molecule has 0 aromatic carbocycles. The van der Waals surface area contributed by atoms with Crippen molar-refractivity contribution in [3.05, 3.63) is 12.7 Å². The third-order valence-corrected chi connectivity index (χ3v) is 2.11. The van der Waals surface area contributed by atoms with E-state index < -0.39 is 0 Å². The molecule has 2 nitrogen and oxygen atoms in total. The van der Waals surface area contributed by atoms with Crippen LogP contribution in [0.15, 0.2) is 12.7 Å². The lowest BCUT2D eigenvalue weighted by Crippen LogP contribution is -2.24. The number of cyclic esters (lactones) is 1. The van der Waals surface area contributed by atoms with Crippen LogP contribution in [0.1, 0.15) is 32.6 Å². The minimum atomic E-state index is -0.328. The Balaban J connectivity index is 2.61. The van der Waals surface area contributed by atoms with Gasteiger partial charge >= 0.3 is 5.97 Å². The fourth-order valence-electron chi connectivity index (χ4n) is 1.49. The molecule has 11 heavy (non-hydrogen) atoms. The molecule has 1 atom stereocenters. The van der Waals surface area contributed by atoms with E-state index in [1.807, 2.05) is 0 Å². The van der Waals surface area contributed by atoms with E-state index in [-0.39, 0.29) is 11.6 Å². The van der Waals surface area contributed by atoms with Crippen molar-refractivity contribution >= 4 is 5.97 Å². The average Bonchev–Trinajstić information content (AvgIpc) is 2.34. The Morgan fingerprint density at radius 3 is 2.91 bits per heavy atom. The molecule has 0 N–H and O–H groups in total. The second-order valence-electron chi connectivity index (χ2n) is 2.99. The van der Waals surface area contributed by atoms with Crippen molar-refractivity contribution in [1.29, 1.82) is 0 Å². The van der Waals surface area contributed by atoms with Crippen LogP contribution < -0.4 is 0 Å². The van der Waals surface area contributed by atoms with Crippen molar-refractivity contribution in [3.63, 3.8) is 0 Å². The molecule has 62 valence electrons. The first-order valence-electron chi connectivity index (χ1n) is 4.08. The highest BCUT2D eigenvalue weighted by Gasteiger charge is 2.36. The Labute approximate surface area is 67.2 Å². The number of esters is 1. The molecule has 0 aromatic rings. The van der Waals surface area contributed by atoms with Crippen LogP contribution in [0.3, 0.4) is 0 Å². The van der Waals surface area contributed by atoms with Crippen LogP contribution in [0.4, 0.5) is 0 Å². The van der Waals surface area contributed by atoms with Crippen molar-refractivity contribution in [1.82, 2.24) is 0 Å². The molecule has 0 spiro atoms. The summed E-state index contributed by atoms with van der Waals surface area (Å²) in [6.45, 7) is 5.77. The van der Waals surface area contributed by atoms with Crippen molar-refractivity contribution in [3.8, 4) is 0 Å². The molecule has 1 rings (SSSR count). The zero-order valence-corrected chi connectivity index (χ0v) is 6.93. The van der Waals surface area contributed by atoms with Crippen molar-refractivity contribution in [2.45, 2.75) is 38.2 Å². The minimum Gasteiger partial charge on any atom is -0.455 e. The van der Waals surface area contributed by atoms with Gasteiger partial charge in [0.25, 0.3) is 0 Å². The van der Waals surface area contributed by atoms with E-state index in [1.54, 1.807) is 6.08 Å². The SMILES string of the molecule is C=CC1(CCC)CCC(=O)O1. The standard InChI is InChI=1S/C9H14O2/c1-3-6-9(4-2)7-5-8(10)11-9/h4H,2-3,5-7H2,1H3. The molecule has 1 fully saturated rings.